The van der Waals surface area contributed by atoms with Gasteiger partial charge in [-0.3, -0.25) is 0 Å². The summed E-state index contributed by atoms with van der Waals surface area (Å²) < 4.78 is 38.4. The average Bonchev–Trinajstić information content (AvgIpc) is 2.40. The molecule has 0 fully saturated rings. The van der Waals surface area contributed by atoms with Gasteiger partial charge in [0, 0.05) is 15.7 Å². The van der Waals surface area contributed by atoms with E-state index in [1.807, 2.05) is 24.3 Å². The van der Waals surface area contributed by atoms with E-state index in [0.29, 0.717) is 10.8 Å². The zero-order valence-corrected chi connectivity index (χ0v) is 12.4. The highest BCUT2D eigenvalue weighted by atomic mass is 35.5. The largest absolute Gasteiger partial charge is 0.417 e. The molecular weight excluding hydrogens is 328 g/mol. The van der Waals surface area contributed by atoms with E-state index >= 15 is 0 Å². The molecule has 0 unspecified atom stereocenters. The Morgan fingerprint density at radius 2 is 1.75 bits per heavy atom. The zero-order valence-electron chi connectivity index (χ0n) is 10.0. The van der Waals surface area contributed by atoms with Crippen LogP contribution >= 0.6 is 35.0 Å². The van der Waals surface area contributed by atoms with Crippen molar-refractivity contribution in [2.45, 2.75) is 21.8 Å². The quantitative estimate of drug-likeness (QED) is 0.597. The molecule has 0 N–H and O–H groups in total. The highest BCUT2D eigenvalue weighted by Gasteiger charge is 2.33. The Morgan fingerprint density at radius 1 is 1.05 bits per heavy atom. The number of hydrogen-bond acceptors (Lipinski definition) is 1. The van der Waals surface area contributed by atoms with Gasteiger partial charge in [0.1, 0.15) is 0 Å². The maximum absolute atomic E-state index is 12.8. The number of hydrogen-bond donors (Lipinski definition) is 0. The fraction of sp³-hybridized carbons (Fsp3) is 0.143. The molecule has 0 aliphatic rings. The molecule has 0 radical (unpaired) electrons. The first-order valence-electron chi connectivity index (χ1n) is 5.60. The van der Waals surface area contributed by atoms with E-state index < -0.39 is 11.7 Å². The van der Waals surface area contributed by atoms with Crippen molar-refractivity contribution in [2.75, 3.05) is 0 Å². The molecular formula is C14H9Cl2F3S. The van der Waals surface area contributed by atoms with Gasteiger partial charge in [-0.25, -0.2) is 0 Å². The predicted octanol–water partition coefficient (Wildman–Crippen LogP) is 6.25. The third-order valence-electron chi connectivity index (χ3n) is 2.59. The minimum absolute atomic E-state index is 0.299. The van der Waals surface area contributed by atoms with Gasteiger partial charge in [-0.05, 0) is 29.8 Å². The van der Waals surface area contributed by atoms with E-state index in [1.54, 1.807) is 6.07 Å². The summed E-state index contributed by atoms with van der Waals surface area (Å²) >= 11 is 12.6. The minimum Gasteiger partial charge on any atom is -0.166 e. The van der Waals surface area contributed by atoms with Crippen LogP contribution in [-0.4, -0.2) is 0 Å². The predicted molar refractivity (Wildman–Crippen MR) is 76.6 cm³/mol. The SMILES string of the molecule is FC(F)(F)c1cc(Sc2ccccc2CCl)ccc1Cl. The summed E-state index contributed by atoms with van der Waals surface area (Å²) in [6, 6.07) is 11.2. The maximum Gasteiger partial charge on any atom is 0.417 e. The van der Waals surface area contributed by atoms with Crippen LogP contribution in [0.2, 0.25) is 5.02 Å². The zero-order chi connectivity index (χ0) is 14.8. The Morgan fingerprint density at radius 3 is 2.40 bits per heavy atom. The summed E-state index contributed by atoms with van der Waals surface area (Å²) in [6.07, 6.45) is -4.46. The summed E-state index contributed by atoms with van der Waals surface area (Å²) in [5, 5.41) is -0.299. The second-order valence-corrected chi connectivity index (χ2v) is 5.77. The van der Waals surface area contributed by atoms with Crippen molar-refractivity contribution in [3.63, 3.8) is 0 Å². The summed E-state index contributed by atoms with van der Waals surface area (Å²) in [4.78, 5) is 1.30. The molecule has 2 aromatic carbocycles. The molecule has 0 aliphatic carbocycles. The second-order valence-electron chi connectivity index (χ2n) is 3.98. The fourth-order valence-electron chi connectivity index (χ4n) is 1.63. The van der Waals surface area contributed by atoms with Crippen LogP contribution in [0.5, 0.6) is 0 Å². The lowest BCUT2D eigenvalue weighted by molar-refractivity contribution is -0.137. The Balaban J connectivity index is 2.35. The van der Waals surface area contributed by atoms with Gasteiger partial charge in [-0.1, -0.05) is 41.6 Å². The Bertz CT molecular complexity index is 612. The van der Waals surface area contributed by atoms with E-state index in [2.05, 4.69) is 0 Å². The third-order valence-corrected chi connectivity index (χ3v) is 4.31. The first-order valence-corrected chi connectivity index (χ1v) is 7.33. The van der Waals surface area contributed by atoms with Crippen molar-refractivity contribution in [2.24, 2.45) is 0 Å². The molecule has 20 heavy (non-hydrogen) atoms. The summed E-state index contributed by atoms with van der Waals surface area (Å²) in [7, 11) is 0. The van der Waals surface area contributed by atoms with Crippen molar-refractivity contribution in [3.05, 3.63) is 58.6 Å². The first kappa shape index (κ1) is 15.5. The van der Waals surface area contributed by atoms with Crippen LogP contribution in [0.1, 0.15) is 11.1 Å². The van der Waals surface area contributed by atoms with Gasteiger partial charge in [0.2, 0.25) is 0 Å². The molecule has 0 atom stereocenters. The van der Waals surface area contributed by atoms with Crippen molar-refractivity contribution in [1.82, 2.24) is 0 Å². The molecule has 0 amide bonds. The number of rotatable bonds is 3. The Labute approximate surface area is 128 Å². The molecule has 0 bridgehead atoms. The molecule has 106 valence electrons. The van der Waals surface area contributed by atoms with Crippen molar-refractivity contribution >= 4 is 35.0 Å². The van der Waals surface area contributed by atoms with Crippen LogP contribution < -0.4 is 0 Å². The van der Waals surface area contributed by atoms with Crippen molar-refractivity contribution in [3.8, 4) is 0 Å². The Kier molecular flexibility index (Phi) is 4.89. The summed E-state index contributed by atoms with van der Waals surface area (Å²) in [5.41, 5.74) is 0.0511. The topological polar surface area (TPSA) is 0 Å². The lowest BCUT2D eigenvalue weighted by atomic mass is 10.2. The molecule has 0 spiro atoms. The van der Waals surface area contributed by atoms with E-state index in [1.165, 1.54) is 17.8 Å². The van der Waals surface area contributed by atoms with Gasteiger partial charge in [0.25, 0.3) is 0 Å². The number of halogens is 5. The molecule has 0 saturated heterocycles. The van der Waals surface area contributed by atoms with Crippen LogP contribution in [0.25, 0.3) is 0 Å². The molecule has 6 heteroatoms. The van der Waals surface area contributed by atoms with E-state index in [9.17, 15) is 13.2 Å². The average molecular weight is 337 g/mol. The molecule has 0 aromatic heterocycles. The van der Waals surface area contributed by atoms with Crippen LogP contribution in [0.4, 0.5) is 13.2 Å². The second kappa shape index (κ2) is 6.29. The highest BCUT2D eigenvalue weighted by molar-refractivity contribution is 7.99. The fourth-order valence-corrected chi connectivity index (χ4v) is 3.15. The van der Waals surface area contributed by atoms with Crippen LogP contribution in [0.15, 0.2) is 52.3 Å². The van der Waals surface area contributed by atoms with Gasteiger partial charge in [0.05, 0.1) is 10.6 Å². The van der Waals surface area contributed by atoms with Crippen molar-refractivity contribution < 1.29 is 13.2 Å². The standard InChI is InChI=1S/C14H9Cl2F3S/c15-8-9-3-1-2-4-13(9)20-10-5-6-12(16)11(7-10)14(17,18)19/h1-7H,8H2. The van der Waals surface area contributed by atoms with Gasteiger partial charge < -0.3 is 0 Å². The summed E-state index contributed by atoms with van der Waals surface area (Å²) in [6.45, 7) is 0. The molecule has 2 rings (SSSR count). The molecule has 0 saturated carbocycles. The van der Waals surface area contributed by atoms with E-state index in [-0.39, 0.29) is 5.02 Å². The van der Waals surface area contributed by atoms with Crippen LogP contribution in [0.3, 0.4) is 0 Å². The van der Waals surface area contributed by atoms with Gasteiger partial charge in [-0.2, -0.15) is 13.2 Å². The van der Waals surface area contributed by atoms with Crippen LogP contribution in [-0.2, 0) is 12.1 Å². The van der Waals surface area contributed by atoms with Gasteiger partial charge in [0.15, 0.2) is 0 Å². The van der Waals surface area contributed by atoms with Crippen molar-refractivity contribution in [1.29, 1.82) is 0 Å². The normalized spacial score (nSPS) is 11.7. The van der Waals surface area contributed by atoms with E-state index in [4.69, 9.17) is 23.2 Å². The monoisotopic (exact) mass is 336 g/mol. The lowest BCUT2D eigenvalue weighted by Crippen LogP contribution is -2.05. The Hall–Kier alpha value is -0.840. The van der Waals surface area contributed by atoms with Crippen LogP contribution in [0, 0.1) is 0 Å². The minimum atomic E-state index is -4.46. The number of alkyl halides is 4. The lowest BCUT2D eigenvalue weighted by Gasteiger charge is -2.11. The molecule has 0 aliphatic heterocycles. The molecule has 0 heterocycles. The first-order chi connectivity index (χ1) is 9.41. The smallest absolute Gasteiger partial charge is 0.166 e. The number of benzene rings is 2. The highest BCUT2D eigenvalue weighted by Crippen LogP contribution is 2.39. The van der Waals surface area contributed by atoms with E-state index in [0.717, 1.165) is 16.5 Å². The van der Waals surface area contributed by atoms with Gasteiger partial charge >= 0.3 is 6.18 Å². The molecule has 2 aromatic rings. The third kappa shape index (κ3) is 3.62. The van der Waals surface area contributed by atoms with Gasteiger partial charge in [-0.15, -0.1) is 11.6 Å². The maximum atomic E-state index is 12.8. The molecule has 0 nitrogen and oxygen atoms in total. The summed E-state index contributed by atoms with van der Waals surface area (Å²) in [5.74, 6) is 0.308.